The molecule has 1 atom stereocenters. The van der Waals surface area contributed by atoms with E-state index >= 15 is 0 Å². The van der Waals surface area contributed by atoms with Gasteiger partial charge in [0.25, 0.3) is 0 Å². The van der Waals surface area contributed by atoms with E-state index in [1.54, 1.807) is 18.9 Å². The van der Waals surface area contributed by atoms with Crippen molar-refractivity contribution in [1.82, 2.24) is 10.4 Å². The smallest absolute Gasteiger partial charge is 0.241 e. The zero-order valence-electron chi connectivity index (χ0n) is 9.90. The number of nitrogens with one attached hydrogen (secondary N) is 1. The molecule has 16 heavy (non-hydrogen) atoms. The van der Waals surface area contributed by atoms with E-state index < -0.39 is 0 Å². The summed E-state index contributed by atoms with van der Waals surface area (Å²) < 4.78 is 10.0. The van der Waals surface area contributed by atoms with Crippen LogP contribution in [0.5, 0.6) is 0 Å². The molecule has 1 aliphatic heterocycles. The highest BCUT2D eigenvalue weighted by molar-refractivity contribution is 5.81. The number of morpholine rings is 1. The quantitative estimate of drug-likeness (QED) is 0.489. The maximum absolute atomic E-state index is 11.9. The molecule has 0 aliphatic carbocycles. The second kappa shape index (κ2) is 7.56. The first-order valence-corrected chi connectivity index (χ1v) is 5.48. The van der Waals surface area contributed by atoms with Gasteiger partial charge < -0.3 is 14.4 Å². The van der Waals surface area contributed by atoms with Crippen LogP contribution in [0.15, 0.2) is 0 Å². The van der Waals surface area contributed by atoms with Gasteiger partial charge in [0.15, 0.2) is 0 Å². The molecule has 6 heteroatoms. The van der Waals surface area contributed by atoms with E-state index in [0.717, 1.165) is 0 Å². The molecule has 1 saturated heterocycles. The molecule has 94 valence electrons. The molecule has 1 unspecified atom stereocenters. The summed E-state index contributed by atoms with van der Waals surface area (Å²) in [6.45, 7) is 5.26. The van der Waals surface area contributed by atoms with Crippen molar-refractivity contribution in [3.05, 3.63) is 0 Å². The number of amides is 1. The Morgan fingerprint density at radius 2 is 2.12 bits per heavy atom. The van der Waals surface area contributed by atoms with Gasteiger partial charge in [0.05, 0.1) is 26.4 Å². The van der Waals surface area contributed by atoms with Crippen LogP contribution in [0.3, 0.4) is 0 Å². The first-order chi connectivity index (χ1) is 7.75. The van der Waals surface area contributed by atoms with Crippen LogP contribution < -0.4 is 5.48 Å². The van der Waals surface area contributed by atoms with Crippen LogP contribution in [0.2, 0.25) is 0 Å². The highest BCUT2D eigenvalue weighted by atomic mass is 16.7. The number of ether oxygens (including phenoxy) is 2. The molecule has 0 radical (unpaired) electrons. The number of hydrogen-bond acceptors (Lipinski definition) is 5. The summed E-state index contributed by atoms with van der Waals surface area (Å²) in [4.78, 5) is 18.7. The molecule has 0 saturated carbocycles. The molecule has 1 rings (SSSR count). The predicted octanol–water partition coefficient (Wildman–Crippen LogP) is -0.599. The molecule has 1 amide bonds. The Labute approximate surface area is 95.8 Å². The van der Waals surface area contributed by atoms with Crippen LogP contribution in [0.25, 0.3) is 0 Å². The summed E-state index contributed by atoms with van der Waals surface area (Å²) in [5.41, 5.74) is 2.70. The molecule has 1 fully saturated rings. The van der Waals surface area contributed by atoms with Gasteiger partial charge in [0, 0.05) is 20.2 Å². The van der Waals surface area contributed by atoms with Gasteiger partial charge >= 0.3 is 0 Å². The first-order valence-electron chi connectivity index (χ1n) is 5.48. The first kappa shape index (κ1) is 13.4. The maximum atomic E-state index is 11.9. The zero-order valence-corrected chi connectivity index (χ0v) is 9.90. The lowest BCUT2D eigenvalue weighted by atomic mass is 10.3. The molecule has 0 aromatic rings. The highest BCUT2D eigenvalue weighted by Crippen LogP contribution is 2.00. The average Bonchev–Trinajstić information content (AvgIpc) is 2.34. The normalized spacial score (nSPS) is 18.5. The summed E-state index contributed by atoms with van der Waals surface area (Å²) in [5, 5.41) is 0. The van der Waals surface area contributed by atoms with Gasteiger partial charge in [-0.25, -0.2) is 0 Å². The van der Waals surface area contributed by atoms with Crippen LogP contribution in [0, 0.1) is 0 Å². The Hall–Kier alpha value is -0.690. The Kier molecular flexibility index (Phi) is 6.32. The minimum absolute atomic E-state index is 0.0423. The van der Waals surface area contributed by atoms with Crippen molar-refractivity contribution in [2.45, 2.75) is 13.0 Å². The number of nitrogens with zero attached hydrogens (tertiary/aromatic N) is 1. The third-order valence-electron chi connectivity index (χ3n) is 2.34. The van der Waals surface area contributed by atoms with Crippen LogP contribution in [0.1, 0.15) is 6.92 Å². The van der Waals surface area contributed by atoms with Gasteiger partial charge in [-0.15, -0.1) is 0 Å². The van der Waals surface area contributed by atoms with Crippen molar-refractivity contribution in [3.8, 4) is 0 Å². The molecular formula is C10H20N2O4. The Balaban J connectivity index is 2.18. The molecular weight excluding hydrogens is 212 g/mol. The van der Waals surface area contributed by atoms with Gasteiger partial charge in [-0.05, 0) is 6.92 Å². The fraction of sp³-hybridized carbons (Fsp3) is 0.900. The number of rotatable bonds is 6. The second-order valence-corrected chi connectivity index (χ2v) is 3.62. The topological polar surface area (TPSA) is 60.0 Å². The van der Waals surface area contributed by atoms with E-state index in [1.807, 2.05) is 0 Å². The van der Waals surface area contributed by atoms with Crippen molar-refractivity contribution >= 4 is 5.91 Å². The minimum atomic E-state index is -0.338. The SMILES string of the molecule is COCCONC(C)C(=O)N1CCOCC1. The van der Waals surface area contributed by atoms with E-state index in [1.165, 1.54) is 0 Å². The van der Waals surface area contributed by atoms with E-state index in [4.69, 9.17) is 14.3 Å². The molecule has 6 nitrogen and oxygen atoms in total. The van der Waals surface area contributed by atoms with Crippen LogP contribution in [-0.4, -0.2) is 63.5 Å². The third-order valence-corrected chi connectivity index (χ3v) is 2.34. The highest BCUT2D eigenvalue weighted by Gasteiger charge is 2.22. The lowest BCUT2D eigenvalue weighted by molar-refractivity contribution is -0.141. The molecule has 0 bridgehead atoms. The standard InChI is InChI=1S/C10H20N2O4/c1-9(11-16-8-7-14-2)10(13)12-3-5-15-6-4-12/h9,11H,3-8H2,1-2H3. The fourth-order valence-electron chi connectivity index (χ4n) is 1.42. The van der Waals surface area contributed by atoms with Gasteiger partial charge in [0.2, 0.25) is 5.91 Å². The number of carbonyl (C=O) groups excluding carboxylic acids is 1. The Bertz CT molecular complexity index is 207. The number of hydrogen-bond donors (Lipinski definition) is 1. The zero-order chi connectivity index (χ0) is 11.8. The molecule has 1 N–H and O–H groups in total. The van der Waals surface area contributed by atoms with Crippen molar-refractivity contribution in [2.75, 3.05) is 46.6 Å². The molecule has 1 heterocycles. The fourth-order valence-corrected chi connectivity index (χ4v) is 1.42. The van der Waals surface area contributed by atoms with Gasteiger partial charge in [-0.1, -0.05) is 0 Å². The summed E-state index contributed by atoms with van der Waals surface area (Å²) in [6.07, 6.45) is 0. The third kappa shape index (κ3) is 4.44. The van der Waals surface area contributed by atoms with Gasteiger partial charge in [-0.3, -0.25) is 9.63 Å². The van der Waals surface area contributed by atoms with Crippen LogP contribution in [-0.2, 0) is 19.1 Å². The van der Waals surface area contributed by atoms with Crippen molar-refractivity contribution in [3.63, 3.8) is 0 Å². The van der Waals surface area contributed by atoms with E-state index in [2.05, 4.69) is 5.48 Å². The Morgan fingerprint density at radius 1 is 1.44 bits per heavy atom. The van der Waals surface area contributed by atoms with Crippen LogP contribution in [0.4, 0.5) is 0 Å². The van der Waals surface area contributed by atoms with E-state index in [9.17, 15) is 4.79 Å². The summed E-state index contributed by atoms with van der Waals surface area (Å²) in [6, 6.07) is -0.338. The average molecular weight is 232 g/mol. The number of hydroxylamine groups is 1. The van der Waals surface area contributed by atoms with E-state index in [-0.39, 0.29) is 11.9 Å². The number of carbonyl (C=O) groups is 1. The van der Waals surface area contributed by atoms with Crippen LogP contribution >= 0.6 is 0 Å². The number of methoxy groups -OCH3 is 1. The molecule has 1 aliphatic rings. The lowest BCUT2D eigenvalue weighted by Gasteiger charge is -2.29. The molecule has 0 spiro atoms. The summed E-state index contributed by atoms with van der Waals surface area (Å²) in [5.74, 6) is 0.0423. The monoisotopic (exact) mass is 232 g/mol. The van der Waals surface area contributed by atoms with Crippen molar-refractivity contribution in [2.24, 2.45) is 0 Å². The minimum Gasteiger partial charge on any atom is -0.382 e. The van der Waals surface area contributed by atoms with E-state index in [0.29, 0.717) is 39.5 Å². The van der Waals surface area contributed by atoms with Gasteiger partial charge in [-0.2, -0.15) is 5.48 Å². The summed E-state index contributed by atoms with van der Waals surface area (Å²) >= 11 is 0. The van der Waals surface area contributed by atoms with Crippen molar-refractivity contribution in [1.29, 1.82) is 0 Å². The summed E-state index contributed by atoms with van der Waals surface area (Å²) in [7, 11) is 1.60. The predicted molar refractivity (Wildman–Crippen MR) is 57.8 cm³/mol. The largest absolute Gasteiger partial charge is 0.382 e. The van der Waals surface area contributed by atoms with Crippen molar-refractivity contribution < 1.29 is 19.1 Å². The molecule has 0 aromatic carbocycles. The second-order valence-electron chi connectivity index (χ2n) is 3.62. The molecule has 0 aromatic heterocycles. The Morgan fingerprint density at radius 3 is 2.75 bits per heavy atom. The lowest BCUT2D eigenvalue weighted by Crippen LogP contribution is -2.49. The van der Waals surface area contributed by atoms with Gasteiger partial charge in [0.1, 0.15) is 6.04 Å². The maximum Gasteiger partial charge on any atom is 0.241 e.